The van der Waals surface area contributed by atoms with Gasteiger partial charge in [-0.2, -0.15) is 0 Å². The van der Waals surface area contributed by atoms with Crippen LogP contribution in [-0.4, -0.2) is 47.5 Å². The van der Waals surface area contributed by atoms with Gasteiger partial charge in [0.25, 0.3) is 0 Å². The van der Waals surface area contributed by atoms with Crippen LogP contribution >= 0.6 is 0 Å². The highest BCUT2D eigenvalue weighted by atomic mass is 16.5. The van der Waals surface area contributed by atoms with Gasteiger partial charge in [0.15, 0.2) is 0 Å². The third-order valence-corrected chi connectivity index (χ3v) is 7.42. The molecule has 188 valence electrons. The van der Waals surface area contributed by atoms with E-state index < -0.39 is 5.97 Å². The van der Waals surface area contributed by atoms with E-state index in [1.54, 1.807) is 6.07 Å². The molecule has 0 fully saturated rings. The fourth-order valence-electron chi connectivity index (χ4n) is 5.51. The second-order valence-corrected chi connectivity index (χ2v) is 9.17. The Bertz CT molecular complexity index is 1290. The summed E-state index contributed by atoms with van der Waals surface area (Å²) >= 11 is 0. The molecule has 2 aromatic carbocycles. The van der Waals surface area contributed by atoms with Gasteiger partial charge in [-0.3, -0.25) is 0 Å². The van der Waals surface area contributed by atoms with Gasteiger partial charge < -0.3 is 25.6 Å². The van der Waals surface area contributed by atoms with Gasteiger partial charge in [0.2, 0.25) is 5.71 Å². The molecule has 0 saturated heterocycles. The molecule has 36 heavy (non-hydrogen) atoms. The van der Waals surface area contributed by atoms with Gasteiger partial charge in [0, 0.05) is 54.4 Å². The first kappa shape index (κ1) is 23.9. The van der Waals surface area contributed by atoms with Crippen LogP contribution in [0, 0.1) is 5.92 Å². The van der Waals surface area contributed by atoms with Crippen LogP contribution in [0.5, 0.6) is 5.75 Å². The summed E-state index contributed by atoms with van der Waals surface area (Å²) < 4.78 is 8.87. The van der Waals surface area contributed by atoms with Crippen LogP contribution in [0.4, 0.5) is 17.1 Å². The molecule has 8 nitrogen and oxygen atoms in total. The van der Waals surface area contributed by atoms with E-state index in [-0.39, 0.29) is 17.4 Å². The zero-order chi connectivity index (χ0) is 25.4. The maximum atomic E-state index is 12.4. The average molecular weight is 489 g/mol. The highest BCUT2D eigenvalue weighted by Crippen LogP contribution is 2.50. The molecule has 0 radical (unpaired) electrons. The number of carbonyl (C=O) groups is 1. The van der Waals surface area contributed by atoms with Crippen molar-refractivity contribution in [3.63, 3.8) is 0 Å². The third-order valence-electron chi connectivity index (χ3n) is 7.42. The van der Waals surface area contributed by atoms with Crippen LogP contribution in [0.2, 0.25) is 0 Å². The number of aromatic carboxylic acids is 1. The van der Waals surface area contributed by atoms with Gasteiger partial charge in [-0.1, -0.05) is 12.1 Å². The van der Waals surface area contributed by atoms with Gasteiger partial charge in [-0.15, -0.1) is 5.53 Å². The Hall–Kier alpha value is -3.78. The lowest BCUT2D eigenvalue weighted by Crippen LogP contribution is -2.30. The van der Waals surface area contributed by atoms with E-state index in [2.05, 4.69) is 90.0 Å². The number of hydrogen-bond acceptors (Lipinski definition) is 6. The van der Waals surface area contributed by atoms with Crippen LogP contribution in [0.3, 0.4) is 0 Å². The number of ether oxygens (including phenoxy) is 1. The molecule has 5 rings (SSSR count). The Morgan fingerprint density at radius 3 is 2.42 bits per heavy atom. The summed E-state index contributed by atoms with van der Waals surface area (Å²) in [6.45, 7) is 12.2. The number of carboxylic acids is 1. The van der Waals surface area contributed by atoms with E-state index in [0.29, 0.717) is 5.69 Å². The van der Waals surface area contributed by atoms with Crippen molar-refractivity contribution in [3.8, 4) is 5.75 Å². The Labute approximate surface area is 211 Å². The number of nitrogens with one attached hydrogen (secondary N) is 3. The Morgan fingerprint density at radius 1 is 1.03 bits per heavy atom. The molecular weight excluding hydrogens is 454 g/mol. The summed E-state index contributed by atoms with van der Waals surface area (Å²) in [5.41, 5.74) is 14.7. The zero-order valence-electron chi connectivity index (χ0n) is 21.3. The molecule has 1 aliphatic carbocycles. The summed E-state index contributed by atoms with van der Waals surface area (Å²) in [6, 6.07) is 9.95. The standard InChI is InChI=1S/C28H33N5O3/c1-5-32(6-2)17-9-11-19-25(13-17)36-26-14-18(33(7-3)8-4)10-12-20(26)27(19)21-15-23-24(30-31-29-23)16-22(21)28(34)35/h9-16,19,27,29-31H,5-8H2,1-4H3/p+1/t19-,27+/m0/s1. The minimum absolute atomic E-state index is 0.116. The third kappa shape index (κ3) is 4.01. The highest BCUT2D eigenvalue weighted by molar-refractivity contribution is 6.02. The van der Waals surface area contributed by atoms with Crippen molar-refractivity contribution < 1.29 is 19.2 Å². The zero-order valence-corrected chi connectivity index (χ0v) is 21.3. The number of allylic oxidation sites excluding steroid dienone is 3. The molecule has 0 bridgehead atoms. The molecule has 2 heterocycles. The molecule has 0 amide bonds. The molecule has 0 unspecified atom stereocenters. The molecule has 3 aliphatic rings. The largest absolute Gasteiger partial charge is 0.478 e. The van der Waals surface area contributed by atoms with Crippen molar-refractivity contribution in [1.29, 1.82) is 0 Å². The van der Waals surface area contributed by atoms with Crippen molar-refractivity contribution in [2.75, 3.05) is 41.9 Å². The van der Waals surface area contributed by atoms with Crippen molar-refractivity contribution in [2.45, 2.75) is 33.6 Å². The smallest absolute Gasteiger partial charge is 0.336 e. The second-order valence-electron chi connectivity index (χ2n) is 9.17. The first-order chi connectivity index (χ1) is 17.5. The SMILES string of the molecule is CCN(CC)c1ccc2c(c1)OC1=CC(=[N+](CC)CC)C=C[C@@H]1[C@H]2c1cc2c(cc1C(=O)O)NNN2. The van der Waals surface area contributed by atoms with Gasteiger partial charge >= 0.3 is 5.97 Å². The average Bonchev–Trinajstić information content (AvgIpc) is 3.35. The summed E-state index contributed by atoms with van der Waals surface area (Å²) in [7, 11) is 0. The van der Waals surface area contributed by atoms with E-state index in [1.807, 2.05) is 6.07 Å². The fourth-order valence-corrected chi connectivity index (χ4v) is 5.51. The molecule has 4 N–H and O–H groups in total. The molecule has 2 atom stereocenters. The van der Waals surface area contributed by atoms with Crippen molar-refractivity contribution >= 4 is 28.7 Å². The summed E-state index contributed by atoms with van der Waals surface area (Å²) in [5.74, 6) is 0.348. The van der Waals surface area contributed by atoms with Gasteiger partial charge in [-0.25, -0.2) is 9.37 Å². The number of nitrogens with zero attached hydrogens (tertiary/aromatic N) is 2. The normalized spacial score (nSPS) is 19.2. The molecule has 0 saturated carbocycles. The molecule has 8 heteroatoms. The van der Waals surface area contributed by atoms with E-state index in [1.165, 1.54) is 0 Å². The highest BCUT2D eigenvalue weighted by Gasteiger charge is 2.39. The van der Waals surface area contributed by atoms with Crippen LogP contribution < -0.4 is 26.0 Å². The van der Waals surface area contributed by atoms with Crippen LogP contribution in [0.25, 0.3) is 0 Å². The number of benzene rings is 2. The van der Waals surface area contributed by atoms with Gasteiger partial charge in [-0.05, 0) is 51.5 Å². The maximum Gasteiger partial charge on any atom is 0.336 e. The van der Waals surface area contributed by atoms with Crippen molar-refractivity contribution in [1.82, 2.24) is 5.53 Å². The topological polar surface area (TPSA) is 88.9 Å². The number of rotatable bonds is 7. The van der Waals surface area contributed by atoms with Gasteiger partial charge in [0.1, 0.15) is 24.6 Å². The Morgan fingerprint density at radius 2 is 1.75 bits per heavy atom. The molecule has 2 aromatic rings. The Kier molecular flexibility index (Phi) is 6.45. The molecule has 0 spiro atoms. The quantitative estimate of drug-likeness (QED) is 0.425. The van der Waals surface area contributed by atoms with E-state index >= 15 is 0 Å². The number of anilines is 3. The minimum Gasteiger partial charge on any atom is -0.478 e. The lowest BCUT2D eigenvalue weighted by molar-refractivity contribution is -0.519. The Balaban J connectivity index is 1.72. The fraction of sp³-hybridized carbons (Fsp3) is 0.357. The summed E-state index contributed by atoms with van der Waals surface area (Å²) in [5, 5.41) is 10.2. The monoisotopic (exact) mass is 488 g/mol. The van der Waals surface area contributed by atoms with Crippen LogP contribution in [0.1, 0.15) is 55.1 Å². The second kappa shape index (κ2) is 9.70. The van der Waals surface area contributed by atoms with Crippen LogP contribution in [0.15, 0.2) is 54.3 Å². The van der Waals surface area contributed by atoms with Gasteiger partial charge in [0.05, 0.1) is 16.9 Å². The van der Waals surface area contributed by atoms with Crippen LogP contribution in [-0.2, 0) is 0 Å². The minimum atomic E-state index is -0.949. The maximum absolute atomic E-state index is 12.4. The predicted molar refractivity (Wildman–Crippen MR) is 143 cm³/mol. The lowest BCUT2D eigenvalue weighted by Gasteiger charge is -2.36. The lowest BCUT2D eigenvalue weighted by atomic mass is 9.74. The van der Waals surface area contributed by atoms with E-state index in [0.717, 1.165) is 65.9 Å². The first-order valence-electron chi connectivity index (χ1n) is 12.8. The van der Waals surface area contributed by atoms with E-state index in [9.17, 15) is 9.90 Å². The molecule has 2 aliphatic heterocycles. The molecule has 0 aromatic heterocycles. The van der Waals surface area contributed by atoms with Crippen molar-refractivity contribution in [2.24, 2.45) is 5.92 Å². The molecular formula is C28H34N5O3+. The number of fused-ring (bicyclic) bond motifs is 3. The van der Waals surface area contributed by atoms with Crippen molar-refractivity contribution in [3.05, 3.63) is 71.0 Å². The summed E-state index contributed by atoms with van der Waals surface area (Å²) in [6.07, 6.45) is 6.42. The number of carboxylic acid groups (broad SMARTS) is 1. The summed E-state index contributed by atoms with van der Waals surface area (Å²) in [4.78, 5) is 14.7. The predicted octanol–water partition coefficient (Wildman–Crippen LogP) is 4.58. The van der Waals surface area contributed by atoms with E-state index in [4.69, 9.17) is 4.74 Å². The first-order valence-corrected chi connectivity index (χ1v) is 12.8. The number of hydrogen-bond donors (Lipinski definition) is 4. The number of hydrazine groups is 2.